The van der Waals surface area contributed by atoms with Gasteiger partial charge in [0.15, 0.2) is 0 Å². The third kappa shape index (κ3) is 10.7. The third-order valence-electron chi connectivity index (χ3n) is 9.30. The molecule has 0 N–H and O–H groups in total. The molecular weight excluding hydrogens is 716 g/mol. The van der Waals surface area contributed by atoms with E-state index in [0.29, 0.717) is 11.8 Å². The van der Waals surface area contributed by atoms with Crippen molar-refractivity contribution in [1.82, 2.24) is 0 Å². The van der Waals surface area contributed by atoms with Crippen LogP contribution in [0.5, 0.6) is 0 Å². The molecule has 2 fully saturated rings. The van der Waals surface area contributed by atoms with Crippen LogP contribution in [0.25, 0.3) is 0 Å². The number of benzene rings is 3. The monoisotopic (exact) mass is 778 g/mol. The molecule has 5 heteroatoms. The zero-order valence-corrected chi connectivity index (χ0v) is 35.4. The van der Waals surface area contributed by atoms with Crippen molar-refractivity contribution in [2.75, 3.05) is 9.80 Å². The Bertz CT molecular complexity index is 1440. The number of hydrogen-bond donors (Lipinski definition) is 0. The van der Waals surface area contributed by atoms with Gasteiger partial charge in [-0.3, -0.25) is 0 Å². The van der Waals surface area contributed by atoms with Gasteiger partial charge in [-0.2, -0.15) is 0 Å². The number of aryl methyl sites for hydroxylation is 2. The van der Waals surface area contributed by atoms with Gasteiger partial charge in [0, 0.05) is 22.5 Å². The molecule has 0 atom stereocenters. The normalized spacial score (nSPS) is 19.0. The van der Waals surface area contributed by atoms with Gasteiger partial charge in [-0.1, -0.05) is 105 Å². The summed E-state index contributed by atoms with van der Waals surface area (Å²) in [5, 5.41) is 0. The number of hydrogen-bond acceptors (Lipinski definition) is 2. The Hall–Kier alpha value is -1.67. The molecule has 0 aromatic heterocycles. The molecule has 48 heavy (non-hydrogen) atoms. The fourth-order valence-corrected chi connectivity index (χ4v) is 9.66. The summed E-state index contributed by atoms with van der Waals surface area (Å²) < 4.78 is 1.92. The van der Waals surface area contributed by atoms with Crippen molar-refractivity contribution in [3.8, 4) is 0 Å². The molecule has 0 bridgehead atoms. The van der Waals surface area contributed by atoms with Crippen LogP contribution >= 0.6 is 19.4 Å². The summed E-state index contributed by atoms with van der Waals surface area (Å²) in [6, 6.07) is 23.3. The predicted octanol–water partition coefficient (Wildman–Crippen LogP) is 13.4. The molecule has 0 spiro atoms. The maximum absolute atomic E-state index is 5.67. The van der Waals surface area contributed by atoms with E-state index in [9.17, 15) is 0 Å². The molecule has 2 aliphatic heterocycles. The van der Waals surface area contributed by atoms with Crippen LogP contribution in [-0.4, -0.2) is 15.7 Å². The first-order valence-electron chi connectivity index (χ1n) is 17.4. The average molecular weight is 779 g/mol. The van der Waals surface area contributed by atoms with E-state index in [4.69, 9.17) is 19.4 Å². The van der Waals surface area contributed by atoms with Crippen molar-refractivity contribution in [2.45, 2.75) is 133 Å². The number of anilines is 2. The Kier molecular flexibility index (Phi) is 13.7. The molecule has 2 aliphatic rings. The quantitative estimate of drug-likeness (QED) is 0.188. The summed E-state index contributed by atoms with van der Waals surface area (Å²) in [5.41, 5.74) is 10.6. The van der Waals surface area contributed by atoms with Gasteiger partial charge in [0.1, 0.15) is 0 Å². The molecule has 3 aromatic rings. The van der Waals surface area contributed by atoms with Gasteiger partial charge >= 0.3 is 73.4 Å². The van der Waals surface area contributed by atoms with Crippen LogP contribution in [0, 0.1) is 37.8 Å². The van der Waals surface area contributed by atoms with Crippen molar-refractivity contribution in [2.24, 2.45) is 10.8 Å². The van der Waals surface area contributed by atoms with Crippen molar-refractivity contribution >= 4 is 35.4 Å². The van der Waals surface area contributed by atoms with E-state index in [1.54, 1.807) is 0 Å². The van der Waals surface area contributed by atoms with Crippen molar-refractivity contribution in [3.05, 3.63) is 108 Å². The van der Waals surface area contributed by atoms with E-state index < -0.39 is 13.5 Å². The molecule has 0 aliphatic carbocycles. The fourth-order valence-electron chi connectivity index (χ4n) is 7.84. The Morgan fingerprint density at radius 1 is 0.604 bits per heavy atom. The summed E-state index contributed by atoms with van der Waals surface area (Å²) >= 11 is -1.61. The molecule has 2 heterocycles. The van der Waals surface area contributed by atoms with E-state index in [0.717, 1.165) is 5.56 Å². The Morgan fingerprint density at radius 2 is 0.979 bits per heavy atom. The van der Waals surface area contributed by atoms with Crippen molar-refractivity contribution in [3.63, 3.8) is 0 Å². The Labute approximate surface area is 308 Å². The average Bonchev–Trinajstić information content (AvgIpc) is 3.32. The predicted molar refractivity (Wildman–Crippen MR) is 212 cm³/mol. The fraction of sp³-hybridized carbons (Fsp3) is 0.512. The molecule has 0 radical (unpaired) electrons. The van der Waals surface area contributed by atoms with Crippen molar-refractivity contribution < 1.29 is 13.5 Å². The van der Waals surface area contributed by atoms with E-state index in [1.807, 2.05) is 34.9 Å². The van der Waals surface area contributed by atoms with Crippen LogP contribution < -0.4 is 9.80 Å². The molecule has 268 valence electrons. The van der Waals surface area contributed by atoms with Crippen LogP contribution in [0.4, 0.5) is 11.4 Å². The van der Waals surface area contributed by atoms with Crippen LogP contribution in [-0.2, 0) is 13.5 Å². The summed E-state index contributed by atoms with van der Waals surface area (Å²) in [4.78, 5) is 5.05. The minimum atomic E-state index is -1.61. The van der Waals surface area contributed by atoms with Gasteiger partial charge in [0.2, 0.25) is 0 Å². The van der Waals surface area contributed by atoms with Crippen molar-refractivity contribution in [1.29, 1.82) is 0 Å². The maximum atomic E-state index is 5.67. The molecule has 3 aromatic carbocycles. The first-order valence-corrected chi connectivity index (χ1v) is 22.9. The minimum absolute atomic E-state index is 0.194. The number of para-hydroxylation sites is 2. The van der Waals surface area contributed by atoms with Crippen LogP contribution in [0.2, 0.25) is 0 Å². The van der Waals surface area contributed by atoms with E-state index in [2.05, 4.69) is 156 Å². The molecular formula is C43H62Cl2N2Ru-2. The molecule has 0 unspecified atom stereocenters. The second-order valence-electron chi connectivity index (χ2n) is 17.0. The zero-order valence-electron chi connectivity index (χ0n) is 32.2. The van der Waals surface area contributed by atoms with E-state index >= 15 is 0 Å². The van der Waals surface area contributed by atoms with E-state index in [-0.39, 0.29) is 21.9 Å². The first kappa shape index (κ1) is 40.8. The SMILES string of the molecule is Cc1cccc(C(C)C)c1N1[CH-]C(C)(C)CC1(C)C.Cc1cccc(C(C)C)c1N1[CH-]C(C)(C)CC1(C)C.[Cl][Ru]([Cl])=[CH]c1ccccc1. The van der Waals surface area contributed by atoms with E-state index in [1.165, 1.54) is 46.5 Å². The second kappa shape index (κ2) is 16.1. The van der Waals surface area contributed by atoms with Crippen LogP contribution in [0.15, 0.2) is 66.7 Å². The van der Waals surface area contributed by atoms with Crippen LogP contribution in [0.1, 0.15) is 136 Å². The third-order valence-corrected chi connectivity index (χ3v) is 11.2. The summed E-state index contributed by atoms with van der Waals surface area (Å²) in [6.07, 6.45) is 2.40. The number of halogens is 2. The van der Waals surface area contributed by atoms with Crippen LogP contribution in [0.3, 0.4) is 0 Å². The van der Waals surface area contributed by atoms with Gasteiger partial charge in [-0.15, -0.1) is 10.8 Å². The molecule has 0 saturated carbocycles. The first-order chi connectivity index (χ1) is 22.1. The van der Waals surface area contributed by atoms with Gasteiger partial charge < -0.3 is 9.80 Å². The molecule has 0 amide bonds. The summed E-state index contributed by atoms with van der Waals surface area (Å²) in [7, 11) is 11.3. The van der Waals surface area contributed by atoms with Gasteiger partial charge in [-0.05, 0) is 75.6 Å². The Morgan fingerprint density at radius 3 is 1.27 bits per heavy atom. The Balaban J connectivity index is 0.000000205. The zero-order chi connectivity index (χ0) is 36.2. The van der Waals surface area contributed by atoms with Gasteiger partial charge in [0.25, 0.3) is 0 Å². The molecule has 2 nitrogen and oxygen atoms in total. The second-order valence-corrected chi connectivity index (χ2v) is 22.7. The standard InChI is InChI=1S/2C18H28N.C7H6.2ClH.Ru/c2*1-13(2)15-10-8-9-14(3)16(15)19-12-17(4,5)11-18(19,6)7;1-7-5-3-2-4-6-7;;;/h2*8-10,12-13H,11H2,1-7H3;1-6H;2*1H;/q2*-1;;;;+2/p-2. The number of nitrogens with zero attached hydrogens (tertiary/aromatic N) is 2. The molecule has 5 rings (SSSR count). The summed E-state index contributed by atoms with van der Waals surface area (Å²) in [6.45, 7) is 37.2. The topological polar surface area (TPSA) is 6.48 Å². The summed E-state index contributed by atoms with van der Waals surface area (Å²) in [5.74, 6) is 1.12. The van der Waals surface area contributed by atoms with Gasteiger partial charge in [0.05, 0.1) is 0 Å². The van der Waals surface area contributed by atoms with Gasteiger partial charge in [-0.25, -0.2) is 13.1 Å². The number of rotatable bonds is 5. The molecule has 2 saturated heterocycles.